The van der Waals surface area contributed by atoms with E-state index in [2.05, 4.69) is 19.6 Å². The molecule has 4 rings (SSSR count). The number of primary amides is 1. The van der Waals surface area contributed by atoms with Gasteiger partial charge in [-0.05, 0) is 30.7 Å². The molecule has 0 saturated carbocycles. The van der Waals surface area contributed by atoms with E-state index in [4.69, 9.17) is 15.7 Å². The Morgan fingerprint density at radius 3 is 2.61 bits per heavy atom. The molecular formula is C23H23F3N6O3S. The lowest BCUT2D eigenvalue weighted by Gasteiger charge is -2.18. The fourth-order valence-electron chi connectivity index (χ4n) is 3.20. The second kappa shape index (κ2) is 11.7. The molecule has 36 heavy (non-hydrogen) atoms. The van der Waals surface area contributed by atoms with Crippen LogP contribution in [0.25, 0.3) is 10.9 Å². The third-order valence-electron chi connectivity index (χ3n) is 4.91. The molecule has 2 aromatic carbocycles. The van der Waals surface area contributed by atoms with E-state index >= 15 is 0 Å². The SMILES string of the molecule is CCC#N.NC(=O)COc1cc(F)ccc1Nc1ncnc2cc(N=S3(=O)CCC3)cc(C(F)F)c12. The van der Waals surface area contributed by atoms with Crippen LogP contribution in [-0.2, 0) is 14.5 Å². The van der Waals surface area contributed by atoms with Crippen LogP contribution in [0.3, 0.4) is 0 Å². The van der Waals surface area contributed by atoms with Crippen LogP contribution < -0.4 is 15.8 Å². The fourth-order valence-corrected chi connectivity index (χ4v) is 4.65. The molecular weight excluding hydrogens is 497 g/mol. The van der Waals surface area contributed by atoms with E-state index in [0.29, 0.717) is 17.9 Å². The Hall–Kier alpha value is -3.92. The number of benzene rings is 2. The van der Waals surface area contributed by atoms with Crippen LogP contribution in [0.4, 0.5) is 30.4 Å². The molecule has 2 heterocycles. The largest absolute Gasteiger partial charge is 0.481 e. The van der Waals surface area contributed by atoms with Gasteiger partial charge in [0.15, 0.2) is 6.61 Å². The molecule has 1 aliphatic heterocycles. The molecule has 1 amide bonds. The lowest BCUT2D eigenvalue weighted by atomic mass is 10.1. The van der Waals surface area contributed by atoms with Gasteiger partial charge in [0, 0.05) is 29.6 Å². The third-order valence-corrected chi connectivity index (χ3v) is 7.31. The maximum absolute atomic E-state index is 13.9. The van der Waals surface area contributed by atoms with Crippen molar-refractivity contribution in [2.45, 2.75) is 26.2 Å². The number of carbonyl (C=O) groups is 1. The predicted molar refractivity (Wildman–Crippen MR) is 129 cm³/mol. The lowest BCUT2D eigenvalue weighted by molar-refractivity contribution is -0.119. The molecule has 3 aromatic rings. The van der Waals surface area contributed by atoms with Crippen molar-refractivity contribution in [2.24, 2.45) is 10.1 Å². The number of aromatic nitrogens is 2. The number of nitrogens with two attached hydrogens (primary N) is 1. The molecule has 0 radical (unpaired) electrons. The molecule has 0 spiro atoms. The summed E-state index contributed by atoms with van der Waals surface area (Å²) in [5.41, 5.74) is 5.18. The smallest absolute Gasteiger partial charge is 0.264 e. The Morgan fingerprint density at radius 1 is 1.31 bits per heavy atom. The summed E-state index contributed by atoms with van der Waals surface area (Å²) in [6, 6.07) is 8.03. The Balaban J connectivity index is 0.000000840. The number of carbonyl (C=O) groups excluding carboxylic acids is 1. The number of amides is 1. The number of hydrogen-bond donors (Lipinski definition) is 2. The number of rotatable bonds is 7. The van der Waals surface area contributed by atoms with Crippen LogP contribution in [-0.4, -0.2) is 38.2 Å². The van der Waals surface area contributed by atoms with E-state index in [0.717, 1.165) is 18.6 Å². The number of anilines is 2. The summed E-state index contributed by atoms with van der Waals surface area (Å²) in [6.07, 6.45) is -0.316. The molecule has 0 atom stereocenters. The number of ether oxygens (including phenoxy) is 1. The zero-order valence-electron chi connectivity index (χ0n) is 19.2. The molecule has 0 unspecified atom stereocenters. The normalized spacial score (nSPS) is 13.7. The summed E-state index contributed by atoms with van der Waals surface area (Å²) in [7, 11) is -2.40. The van der Waals surface area contributed by atoms with E-state index in [1.165, 1.54) is 24.5 Å². The van der Waals surface area contributed by atoms with E-state index in [-0.39, 0.29) is 33.8 Å². The summed E-state index contributed by atoms with van der Waals surface area (Å²) < 4.78 is 63.4. The highest BCUT2D eigenvalue weighted by molar-refractivity contribution is 7.95. The second-order valence-electron chi connectivity index (χ2n) is 7.61. The van der Waals surface area contributed by atoms with Gasteiger partial charge in [-0.15, -0.1) is 0 Å². The summed E-state index contributed by atoms with van der Waals surface area (Å²) in [4.78, 5) is 19.1. The van der Waals surface area contributed by atoms with E-state index in [1.54, 1.807) is 0 Å². The van der Waals surface area contributed by atoms with Crippen molar-refractivity contribution >= 4 is 43.7 Å². The summed E-state index contributed by atoms with van der Waals surface area (Å²) in [5, 5.41) is 10.5. The van der Waals surface area contributed by atoms with Crippen molar-refractivity contribution in [3.63, 3.8) is 0 Å². The standard InChI is InChI=1S/C20H18F3N5O3S.C3H5N/c21-11-2-3-14(16(6-11)31-9-17(24)29)27-20-18-13(19(22)23)7-12(8-15(18)25-10-26-20)28-32(30)4-1-5-32;1-2-3-4/h2-3,6-8,10,19H,1,4-5,9H2,(H2,24,29)(H,25,26,27);2H2,1H3. The summed E-state index contributed by atoms with van der Waals surface area (Å²) in [6.45, 7) is 1.31. The van der Waals surface area contributed by atoms with Crippen molar-refractivity contribution in [3.05, 3.63) is 48.0 Å². The number of halogens is 3. The molecule has 1 aliphatic rings. The van der Waals surface area contributed by atoms with Crippen molar-refractivity contribution in [1.29, 1.82) is 5.26 Å². The van der Waals surface area contributed by atoms with Gasteiger partial charge in [0.05, 0.1) is 38.1 Å². The van der Waals surface area contributed by atoms with Crippen molar-refractivity contribution in [2.75, 3.05) is 23.4 Å². The van der Waals surface area contributed by atoms with Crippen LogP contribution in [0.1, 0.15) is 31.8 Å². The second-order valence-corrected chi connectivity index (χ2v) is 10.2. The topological polar surface area (TPSA) is 143 Å². The van der Waals surface area contributed by atoms with E-state index < -0.39 is 40.0 Å². The highest BCUT2D eigenvalue weighted by atomic mass is 32.2. The van der Waals surface area contributed by atoms with Gasteiger partial charge in [-0.2, -0.15) is 9.62 Å². The fraction of sp³-hybridized carbons (Fsp3) is 0.304. The van der Waals surface area contributed by atoms with Gasteiger partial charge in [0.2, 0.25) is 0 Å². The van der Waals surface area contributed by atoms with E-state index in [1.807, 2.05) is 13.0 Å². The van der Waals surface area contributed by atoms with Gasteiger partial charge < -0.3 is 15.8 Å². The molecule has 1 saturated heterocycles. The maximum atomic E-state index is 13.9. The van der Waals surface area contributed by atoms with Gasteiger partial charge in [-0.25, -0.2) is 27.3 Å². The van der Waals surface area contributed by atoms with Gasteiger partial charge in [0.25, 0.3) is 12.3 Å². The Labute approximate surface area is 205 Å². The molecule has 9 nitrogen and oxygen atoms in total. The van der Waals surface area contributed by atoms with Crippen molar-refractivity contribution in [3.8, 4) is 11.8 Å². The quantitative estimate of drug-likeness (QED) is 0.458. The number of nitriles is 1. The number of nitrogens with zero attached hydrogens (tertiary/aromatic N) is 4. The van der Waals surface area contributed by atoms with Gasteiger partial charge in [0.1, 0.15) is 23.7 Å². The number of fused-ring (bicyclic) bond motifs is 1. The van der Waals surface area contributed by atoms with Gasteiger partial charge >= 0.3 is 0 Å². The molecule has 0 aliphatic carbocycles. The minimum absolute atomic E-state index is 0.0141. The van der Waals surface area contributed by atoms with Crippen LogP contribution in [0.15, 0.2) is 41.0 Å². The molecule has 13 heteroatoms. The Morgan fingerprint density at radius 2 is 2.03 bits per heavy atom. The predicted octanol–water partition coefficient (Wildman–Crippen LogP) is 4.74. The first kappa shape index (κ1) is 26.7. The summed E-state index contributed by atoms with van der Waals surface area (Å²) in [5.74, 6) is -0.571. The minimum atomic E-state index is -2.89. The molecule has 0 bridgehead atoms. The Kier molecular flexibility index (Phi) is 8.65. The third kappa shape index (κ3) is 6.60. The average Bonchev–Trinajstić information content (AvgIpc) is 2.82. The Bertz CT molecular complexity index is 1420. The number of nitrogens with one attached hydrogen (secondary N) is 1. The average molecular weight is 521 g/mol. The lowest BCUT2D eigenvalue weighted by Crippen LogP contribution is -2.22. The zero-order chi connectivity index (χ0) is 26.3. The number of hydrogen-bond acceptors (Lipinski definition) is 8. The van der Waals surface area contributed by atoms with Crippen molar-refractivity contribution in [1.82, 2.24) is 9.97 Å². The first-order valence-electron chi connectivity index (χ1n) is 10.8. The zero-order valence-corrected chi connectivity index (χ0v) is 20.0. The monoisotopic (exact) mass is 520 g/mol. The first-order chi connectivity index (χ1) is 17.2. The first-order valence-corrected chi connectivity index (χ1v) is 12.6. The van der Waals surface area contributed by atoms with Gasteiger partial charge in [-0.1, -0.05) is 6.92 Å². The van der Waals surface area contributed by atoms with Gasteiger partial charge in [-0.3, -0.25) is 4.79 Å². The number of alkyl halides is 2. The summed E-state index contributed by atoms with van der Waals surface area (Å²) >= 11 is 0. The minimum Gasteiger partial charge on any atom is -0.481 e. The molecule has 3 N–H and O–H groups in total. The van der Waals surface area contributed by atoms with Crippen LogP contribution in [0.2, 0.25) is 0 Å². The van der Waals surface area contributed by atoms with Crippen LogP contribution in [0, 0.1) is 17.1 Å². The highest BCUT2D eigenvalue weighted by Gasteiger charge is 2.22. The van der Waals surface area contributed by atoms with E-state index in [9.17, 15) is 22.2 Å². The molecule has 190 valence electrons. The molecule has 1 fully saturated rings. The highest BCUT2D eigenvalue weighted by Crippen LogP contribution is 2.38. The van der Waals surface area contributed by atoms with Crippen molar-refractivity contribution < 1.29 is 26.9 Å². The van der Waals surface area contributed by atoms with Crippen LogP contribution >= 0.6 is 0 Å². The molecule has 1 aromatic heterocycles. The van der Waals surface area contributed by atoms with Crippen LogP contribution in [0.5, 0.6) is 5.75 Å². The maximum Gasteiger partial charge on any atom is 0.264 e.